The summed E-state index contributed by atoms with van der Waals surface area (Å²) in [6.07, 6.45) is 1.06. The predicted octanol–water partition coefficient (Wildman–Crippen LogP) is 3.88. The Hall–Kier alpha value is -1.55. The van der Waals surface area contributed by atoms with Gasteiger partial charge in [0.05, 0.1) is 19.8 Å². The number of hydrogen-bond acceptors (Lipinski definition) is 3. The van der Waals surface area contributed by atoms with Gasteiger partial charge in [-0.25, -0.2) is 0 Å². The van der Waals surface area contributed by atoms with E-state index in [2.05, 4.69) is 53.4 Å². The number of benzene rings is 2. The van der Waals surface area contributed by atoms with E-state index in [0.29, 0.717) is 0 Å². The smallest absolute Gasteiger partial charge is 0.119 e. The van der Waals surface area contributed by atoms with Gasteiger partial charge in [0.2, 0.25) is 0 Å². The zero-order valence-electron chi connectivity index (χ0n) is 13.3. The first-order chi connectivity index (χ1) is 10.9. The van der Waals surface area contributed by atoms with Crippen LogP contribution >= 0.6 is 12.4 Å². The number of hydrogen-bond donors (Lipinski definition) is 0. The second kappa shape index (κ2) is 9.56. The normalized spacial score (nSPS) is 15.0. The van der Waals surface area contributed by atoms with Crippen LogP contribution in [0.1, 0.15) is 6.42 Å². The number of morpholine rings is 1. The molecule has 3 rings (SSSR count). The summed E-state index contributed by atoms with van der Waals surface area (Å²) in [5.41, 5.74) is 2.46. The van der Waals surface area contributed by atoms with Crippen molar-refractivity contribution in [3.63, 3.8) is 0 Å². The van der Waals surface area contributed by atoms with Crippen molar-refractivity contribution in [2.24, 2.45) is 0 Å². The van der Waals surface area contributed by atoms with Crippen LogP contribution in [-0.4, -0.2) is 44.4 Å². The summed E-state index contributed by atoms with van der Waals surface area (Å²) in [6.45, 7) is 5.68. The van der Waals surface area contributed by atoms with Gasteiger partial charge in [-0.05, 0) is 29.7 Å². The molecule has 1 aliphatic heterocycles. The van der Waals surface area contributed by atoms with Gasteiger partial charge in [-0.2, -0.15) is 0 Å². The molecule has 23 heavy (non-hydrogen) atoms. The molecule has 0 bridgehead atoms. The van der Waals surface area contributed by atoms with Crippen molar-refractivity contribution in [1.82, 2.24) is 4.90 Å². The van der Waals surface area contributed by atoms with E-state index in [9.17, 15) is 0 Å². The lowest BCUT2D eigenvalue weighted by molar-refractivity contribution is 0.0358. The Balaban J connectivity index is 0.00000192. The molecular formula is C19H24ClNO2. The number of nitrogens with zero attached hydrogens (tertiary/aromatic N) is 1. The summed E-state index contributed by atoms with van der Waals surface area (Å²) in [7, 11) is 0. The maximum atomic E-state index is 5.83. The molecule has 0 atom stereocenters. The second-order valence-corrected chi connectivity index (χ2v) is 5.55. The van der Waals surface area contributed by atoms with Gasteiger partial charge in [0.25, 0.3) is 0 Å². The highest BCUT2D eigenvalue weighted by atomic mass is 35.5. The quantitative estimate of drug-likeness (QED) is 0.749. The maximum absolute atomic E-state index is 5.83. The van der Waals surface area contributed by atoms with E-state index in [4.69, 9.17) is 9.47 Å². The van der Waals surface area contributed by atoms with Crippen LogP contribution < -0.4 is 4.74 Å². The minimum Gasteiger partial charge on any atom is -0.494 e. The molecule has 2 aromatic carbocycles. The van der Waals surface area contributed by atoms with Crippen LogP contribution in [0.3, 0.4) is 0 Å². The third kappa shape index (κ3) is 5.54. The average molecular weight is 334 g/mol. The Kier molecular flexibility index (Phi) is 7.40. The average Bonchev–Trinajstić information content (AvgIpc) is 2.61. The zero-order chi connectivity index (χ0) is 15.0. The van der Waals surface area contributed by atoms with Gasteiger partial charge in [0.1, 0.15) is 5.75 Å². The molecular weight excluding hydrogens is 310 g/mol. The minimum absolute atomic E-state index is 0. The number of ether oxygens (including phenoxy) is 2. The van der Waals surface area contributed by atoms with Gasteiger partial charge in [-0.15, -0.1) is 12.4 Å². The highest BCUT2D eigenvalue weighted by molar-refractivity contribution is 5.85. The molecule has 0 N–H and O–H groups in total. The Morgan fingerprint density at radius 1 is 0.870 bits per heavy atom. The topological polar surface area (TPSA) is 21.7 Å². The van der Waals surface area contributed by atoms with E-state index in [1.165, 1.54) is 11.1 Å². The SMILES string of the molecule is Cl.c1ccc(-c2ccc(OCCCN3CCOCC3)cc2)cc1. The molecule has 0 amide bonds. The lowest BCUT2D eigenvalue weighted by atomic mass is 10.1. The molecule has 1 heterocycles. The molecule has 1 aliphatic rings. The highest BCUT2D eigenvalue weighted by Gasteiger charge is 2.09. The molecule has 0 aromatic heterocycles. The molecule has 0 saturated carbocycles. The number of rotatable bonds is 6. The Morgan fingerprint density at radius 2 is 1.52 bits per heavy atom. The van der Waals surface area contributed by atoms with Gasteiger partial charge < -0.3 is 9.47 Å². The van der Waals surface area contributed by atoms with Crippen molar-refractivity contribution in [3.8, 4) is 16.9 Å². The van der Waals surface area contributed by atoms with Crippen LogP contribution in [0, 0.1) is 0 Å². The van der Waals surface area contributed by atoms with Gasteiger partial charge in [0, 0.05) is 19.6 Å². The molecule has 0 unspecified atom stereocenters. The first kappa shape index (κ1) is 17.8. The lowest BCUT2D eigenvalue weighted by Crippen LogP contribution is -2.37. The lowest BCUT2D eigenvalue weighted by Gasteiger charge is -2.26. The summed E-state index contributed by atoms with van der Waals surface area (Å²) in [5, 5.41) is 0. The third-order valence-electron chi connectivity index (χ3n) is 3.95. The molecule has 0 spiro atoms. The van der Waals surface area contributed by atoms with Crippen LogP contribution in [0.25, 0.3) is 11.1 Å². The van der Waals surface area contributed by atoms with Crippen LogP contribution in [0.5, 0.6) is 5.75 Å². The van der Waals surface area contributed by atoms with Crippen LogP contribution in [0.15, 0.2) is 54.6 Å². The molecule has 0 radical (unpaired) electrons. The van der Waals surface area contributed by atoms with E-state index in [1.54, 1.807) is 0 Å². The fourth-order valence-electron chi connectivity index (χ4n) is 2.68. The fraction of sp³-hybridized carbons (Fsp3) is 0.368. The molecule has 2 aromatic rings. The molecule has 3 nitrogen and oxygen atoms in total. The van der Waals surface area contributed by atoms with E-state index >= 15 is 0 Å². The Bertz CT molecular complexity index is 553. The van der Waals surface area contributed by atoms with Crippen molar-refractivity contribution in [3.05, 3.63) is 54.6 Å². The zero-order valence-corrected chi connectivity index (χ0v) is 14.1. The van der Waals surface area contributed by atoms with Crippen molar-refractivity contribution in [2.75, 3.05) is 39.5 Å². The highest BCUT2D eigenvalue weighted by Crippen LogP contribution is 2.22. The largest absolute Gasteiger partial charge is 0.494 e. The second-order valence-electron chi connectivity index (χ2n) is 5.55. The molecule has 1 saturated heterocycles. The summed E-state index contributed by atoms with van der Waals surface area (Å²) < 4.78 is 11.2. The van der Waals surface area contributed by atoms with E-state index in [1.807, 2.05) is 6.07 Å². The van der Waals surface area contributed by atoms with E-state index in [-0.39, 0.29) is 12.4 Å². The summed E-state index contributed by atoms with van der Waals surface area (Å²) in [5.74, 6) is 0.946. The molecule has 0 aliphatic carbocycles. The Morgan fingerprint density at radius 3 is 2.22 bits per heavy atom. The number of halogens is 1. The predicted molar refractivity (Wildman–Crippen MR) is 96.5 cm³/mol. The Labute approximate surface area is 144 Å². The first-order valence-corrected chi connectivity index (χ1v) is 8.00. The van der Waals surface area contributed by atoms with Gasteiger partial charge >= 0.3 is 0 Å². The van der Waals surface area contributed by atoms with Crippen molar-refractivity contribution in [1.29, 1.82) is 0 Å². The van der Waals surface area contributed by atoms with Crippen LogP contribution in [0.4, 0.5) is 0 Å². The minimum atomic E-state index is 0. The molecule has 1 fully saturated rings. The molecule has 4 heteroatoms. The third-order valence-corrected chi connectivity index (χ3v) is 3.95. The standard InChI is InChI=1S/C19H23NO2.ClH/c1-2-5-17(6-3-1)18-7-9-19(10-8-18)22-14-4-11-20-12-15-21-16-13-20;/h1-3,5-10H,4,11-16H2;1H. The monoisotopic (exact) mass is 333 g/mol. The van der Waals surface area contributed by atoms with Gasteiger partial charge in [-0.3, -0.25) is 4.90 Å². The van der Waals surface area contributed by atoms with Gasteiger partial charge in [0.15, 0.2) is 0 Å². The van der Waals surface area contributed by atoms with Crippen LogP contribution in [-0.2, 0) is 4.74 Å². The summed E-state index contributed by atoms with van der Waals surface area (Å²) >= 11 is 0. The first-order valence-electron chi connectivity index (χ1n) is 8.00. The van der Waals surface area contributed by atoms with Crippen molar-refractivity contribution in [2.45, 2.75) is 6.42 Å². The molecule has 124 valence electrons. The van der Waals surface area contributed by atoms with Crippen molar-refractivity contribution >= 4 is 12.4 Å². The summed E-state index contributed by atoms with van der Waals surface area (Å²) in [4.78, 5) is 2.44. The maximum Gasteiger partial charge on any atom is 0.119 e. The van der Waals surface area contributed by atoms with Crippen LogP contribution in [0.2, 0.25) is 0 Å². The fourth-order valence-corrected chi connectivity index (χ4v) is 2.68. The summed E-state index contributed by atoms with van der Waals surface area (Å²) in [6, 6.07) is 18.7. The van der Waals surface area contributed by atoms with E-state index < -0.39 is 0 Å². The van der Waals surface area contributed by atoms with E-state index in [0.717, 1.165) is 51.6 Å². The van der Waals surface area contributed by atoms with Crippen molar-refractivity contribution < 1.29 is 9.47 Å². The van der Waals surface area contributed by atoms with Gasteiger partial charge in [-0.1, -0.05) is 42.5 Å².